The van der Waals surface area contributed by atoms with E-state index in [9.17, 15) is 9.18 Å². The molecule has 186 valence electrons. The lowest BCUT2D eigenvalue weighted by Gasteiger charge is -2.17. The molecule has 0 atom stereocenters. The standard InChI is InChI=1S/C28H29FN4O3/c1-4-24-22-12-13-33(28(22)31-27(30-24)19-10-11-25(35-3)23(29)14-19)20-6-5-7-21(15-20)36-17-26(34)32(2)16-18-8-9-18/h5-7,10-15,18H,4,8-9,16-17H2,1-3H3. The molecule has 1 amide bonds. The van der Waals surface area contributed by atoms with E-state index < -0.39 is 5.82 Å². The van der Waals surface area contributed by atoms with Gasteiger partial charge in [0, 0.05) is 36.8 Å². The number of methoxy groups -OCH3 is 1. The number of carbonyl (C=O) groups is 1. The topological polar surface area (TPSA) is 69.5 Å². The molecule has 0 spiro atoms. The van der Waals surface area contributed by atoms with Crippen molar-refractivity contribution in [3.63, 3.8) is 0 Å². The van der Waals surface area contributed by atoms with E-state index in [4.69, 9.17) is 19.4 Å². The van der Waals surface area contributed by atoms with Gasteiger partial charge in [0.25, 0.3) is 5.91 Å². The van der Waals surface area contributed by atoms with Gasteiger partial charge in [-0.2, -0.15) is 0 Å². The number of amides is 1. The molecular weight excluding hydrogens is 459 g/mol. The predicted molar refractivity (Wildman–Crippen MR) is 136 cm³/mol. The van der Waals surface area contributed by atoms with Crippen molar-refractivity contribution in [3.05, 3.63) is 66.2 Å². The Hall–Kier alpha value is -3.94. The van der Waals surface area contributed by atoms with Crippen LogP contribution in [0.25, 0.3) is 28.1 Å². The van der Waals surface area contributed by atoms with Crippen LogP contribution in [0.5, 0.6) is 11.5 Å². The van der Waals surface area contributed by atoms with Crippen LogP contribution in [0.3, 0.4) is 0 Å². The number of nitrogens with zero attached hydrogens (tertiary/aromatic N) is 4. The third kappa shape index (κ3) is 4.89. The largest absolute Gasteiger partial charge is 0.494 e. The molecule has 1 aliphatic carbocycles. The molecule has 0 unspecified atom stereocenters. The molecule has 0 saturated heterocycles. The minimum atomic E-state index is -0.464. The summed E-state index contributed by atoms with van der Waals surface area (Å²) >= 11 is 0. The maximum absolute atomic E-state index is 14.4. The van der Waals surface area contributed by atoms with Crippen molar-refractivity contribution in [1.82, 2.24) is 19.4 Å². The van der Waals surface area contributed by atoms with Gasteiger partial charge in [0.05, 0.1) is 18.5 Å². The van der Waals surface area contributed by atoms with E-state index in [2.05, 4.69) is 0 Å². The van der Waals surface area contributed by atoms with Gasteiger partial charge in [-0.1, -0.05) is 13.0 Å². The Morgan fingerprint density at radius 1 is 1.17 bits per heavy atom. The fourth-order valence-corrected chi connectivity index (χ4v) is 4.26. The third-order valence-corrected chi connectivity index (χ3v) is 6.48. The molecule has 0 bridgehead atoms. The molecule has 2 aromatic carbocycles. The van der Waals surface area contributed by atoms with Crippen molar-refractivity contribution in [2.45, 2.75) is 26.2 Å². The lowest BCUT2D eigenvalue weighted by Crippen LogP contribution is -2.32. The van der Waals surface area contributed by atoms with Crippen LogP contribution in [0.15, 0.2) is 54.7 Å². The van der Waals surface area contributed by atoms with Gasteiger partial charge in [0.2, 0.25) is 0 Å². The maximum Gasteiger partial charge on any atom is 0.260 e. The summed E-state index contributed by atoms with van der Waals surface area (Å²) in [6.45, 7) is 2.81. The number of rotatable bonds is 9. The summed E-state index contributed by atoms with van der Waals surface area (Å²) in [5.74, 6) is 1.36. The number of aryl methyl sites for hydroxylation is 1. The van der Waals surface area contributed by atoms with Gasteiger partial charge in [-0.25, -0.2) is 14.4 Å². The summed E-state index contributed by atoms with van der Waals surface area (Å²) in [7, 11) is 3.26. The van der Waals surface area contributed by atoms with Crippen LogP contribution in [-0.4, -0.2) is 52.7 Å². The summed E-state index contributed by atoms with van der Waals surface area (Å²) in [6, 6.07) is 14.3. The second kappa shape index (κ2) is 9.97. The van der Waals surface area contributed by atoms with Crippen molar-refractivity contribution < 1.29 is 18.7 Å². The third-order valence-electron chi connectivity index (χ3n) is 6.48. The summed E-state index contributed by atoms with van der Waals surface area (Å²) in [5, 5.41) is 0.929. The first kappa shape index (κ1) is 23.8. The number of fused-ring (bicyclic) bond motifs is 1. The number of likely N-dealkylation sites (N-methyl/N-ethyl adjacent to an activating group) is 1. The first-order chi connectivity index (χ1) is 17.5. The zero-order valence-electron chi connectivity index (χ0n) is 20.7. The molecule has 0 aliphatic heterocycles. The highest BCUT2D eigenvalue weighted by molar-refractivity contribution is 5.83. The van der Waals surface area contributed by atoms with E-state index in [0.717, 1.165) is 23.3 Å². The van der Waals surface area contributed by atoms with Gasteiger partial charge in [0.1, 0.15) is 11.4 Å². The van der Waals surface area contributed by atoms with Crippen LogP contribution in [-0.2, 0) is 11.2 Å². The van der Waals surface area contributed by atoms with Crippen molar-refractivity contribution in [2.24, 2.45) is 5.92 Å². The summed E-state index contributed by atoms with van der Waals surface area (Å²) < 4.78 is 27.2. The number of hydrogen-bond acceptors (Lipinski definition) is 5. The van der Waals surface area contributed by atoms with Crippen molar-refractivity contribution >= 4 is 16.9 Å². The quantitative estimate of drug-likeness (QED) is 0.330. The zero-order chi connectivity index (χ0) is 25.2. The minimum Gasteiger partial charge on any atom is -0.494 e. The Labute approximate surface area is 209 Å². The Kier molecular flexibility index (Phi) is 6.59. The molecule has 8 heteroatoms. The van der Waals surface area contributed by atoms with Gasteiger partial charge in [-0.3, -0.25) is 4.79 Å². The second-order valence-corrected chi connectivity index (χ2v) is 9.12. The van der Waals surface area contributed by atoms with Crippen LogP contribution in [0.1, 0.15) is 25.5 Å². The molecule has 1 aliphatic rings. The average Bonchev–Trinajstić information content (AvgIpc) is 3.61. The summed E-state index contributed by atoms with van der Waals surface area (Å²) in [5.41, 5.74) is 3.00. The molecule has 1 saturated carbocycles. The highest BCUT2D eigenvalue weighted by atomic mass is 19.1. The predicted octanol–water partition coefficient (Wildman–Crippen LogP) is 5.04. The van der Waals surface area contributed by atoms with Crippen molar-refractivity contribution in [1.29, 1.82) is 0 Å². The first-order valence-electron chi connectivity index (χ1n) is 12.2. The van der Waals surface area contributed by atoms with Gasteiger partial charge < -0.3 is 18.9 Å². The summed E-state index contributed by atoms with van der Waals surface area (Å²) in [4.78, 5) is 23.7. The molecule has 2 aromatic heterocycles. The van der Waals surface area contributed by atoms with Crippen LogP contribution in [0.4, 0.5) is 4.39 Å². The monoisotopic (exact) mass is 488 g/mol. The van der Waals surface area contributed by atoms with Gasteiger partial charge >= 0.3 is 0 Å². The number of benzene rings is 2. The lowest BCUT2D eigenvalue weighted by atomic mass is 10.1. The fourth-order valence-electron chi connectivity index (χ4n) is 4.26. The molecule has 36 heavy (non-hydrogen) atoms. The van der Waals surface area contributed by atoms with E-state index in [-0.39, 0.29) is 18.3 Å². The Balaban J connectivity index is 1.44. The number of aromatic nitrogens is 3. The van der Waals surface area contributed by atoms with E-state index >= 15 is 0 Å². The highest BCUT2D eigenvalue weighted by Crippen LogP contribution is 2.30. The van der Waals surface area contributed by atoms with E-state index in [1.54, 1.807) is 17.0 Å². The minimum absolute atomic E-state index is 0.00552. The van der Waals surface area contributed by atoms with Crippen molar-refractivity contribution in [2.75, 3.05) is 27.3 Å². The van der Waals surface area contributed by atoms with Crippen LogP contribution >= 0.6 is 0 Å². The zero-order valence-corrected chi connectivity index (χ0v) is 20.7. The number of halogens is 1. The molecule has 0 N–H and O–H groups in total. The molecule has 4 aromatic rings. The summed E-state index contributed by atoms with van der Waals surface area (Å²) in [6.07, 6.45) is 5.03. The van der Waals surface area contributed by atoms with Crippen LogP contribution < -0.4 is 9.47 Å². The van der Waals surface area contributed by atoms with E-state index in [0.29, 0.717) is 35.1 Å². The smallest absolute Gasteiger partial charge is 0.260 e. The van der Waals surface area contributed by atoms with E-state index in [1.807, 2.05) is 55.1 Å². The molecule has 1 fully saturated rings. The second-order valence-electron chi connectivity index (χ2n) is 9.12. The molecule has 5 rings (SSSR count). The maximum atomic E-state index is 14.4. The molecule has 7 nitrogen and oxygen atoms in total. The average molecular weight is 489 g/mol. The Bertz CT molecular complexity index is 1410. The Morgan fingerprint density at radius 2 is 2.00 bits per heavy atom. The van der Waals surface area contributed by atoms with Crippen molar-refractivity contribution in [3.8, 4) is 28.6 Å². The number of hydrogen-bond donors (Lipinski definition) is 0. The Morgan fingerprint density at radius 3 is 2.72 bits per heavy atom. The normalized spacial score (nSPS) is 13.1. The number of ether oxygens (including phenoxy) is 2. The highest BCUT2D eigenvalue weighted by Gasteiger charge is 2.25. The lowest BCUT2D eigenvalue weighted by molar-refractivity contribution is -0.132. The van der Waals surface area contributed by atoms with Crippen LogP contribution in [0.2, 0.25) is 0 Å². The van der Waals surface area contributed by atoms with Crippen LogP contribution in [0, 0.1) is 11.7 Å². The number of carbonyl (C=O) groups excluding carboxylic acids is 1. The van der Waals surface area contributed by atoms with E-state index in [1.165, 1.54) is 26.0 Å². The van der Waals surface area contributed by atoms with Gasteiger partial charge in [-0.05, 0) is 61.6 Å². The molecule has 0 radical (unpaired) electrons. The SMILES string of the molecule is CCc1nc(-c2ccc(OC)c(F)c2)nc2c1ccn2-c1cccc(OCC(=O)N(C)CC2CC2)c1. The van der Waals surface area contributed by atoms with Gasteiger partial charge in [0.15, 0.2) is 24.0 Å². The van der Waals surface area contributed by atoms with Gasteiger partial charge in [-0.15, -0.1) is 0 Å². The molecule has 2 heterocycles. The fraction of sp³-hybridized carbons (Fsp3) is 0.321. The first-order valence-corrected chi connectivity index (χ1v) is 12.2. The molecular formula is C28H29FN4O3.